The first kappa shape index (κ1) is 17.5. The van der Waals surface area contributed by atoms with Gasteiger partial charge in [-0.25, -0.2) is 0 Å². The second-order valence-corrected chi connectivity index (χ2v) is 8.82. The predicted octanol–water partition coefficient (Wildman–Crippen LogP) is 6.62. The highest BCUT2D eigenvalue weighted by Crippen LogP contribution is 2.37. The van der Waals surface area contributed by atoms with Gasteiger partial charge in [0.05, 0.1) is 3.79 Å². The number of unbranched alkanes of at least 4 members (excludes halogenated alkanes) is 7. The SMILES string of the molecule is CCCCCCCCCCNC1CCCc2sc(Br)cc21. The van der Waals surface area contributed by atoms with Crippen LogP contribution in [0.3, 0.4) is 0 Å². The quantitative estimate of drug-likeness (QED) is 0.455. The second-order valence-electron chi connectivity index (χ2n) is 6.30. The van der Waals surface area contributed by atoms with Crippen molar-refractivity contribution in [3.8, 4) is 0 Å². The van der Waals surface area contributed by atoms with Crippen LogP contribution in [0.25, 0.3) is 0 Å². The minimum atomic E-state index is 0.612. The van der Waals surface area contributed by atoms with Crippen molar-refractivity contribution in [3.05, 3.63) is 20.3 Å². The minimum absolute atomic E-state index is 0.612. The molecule has 0 saturated heterocycles. The number of aryl methyl sites for hydroxylation is 1. The highest BCUT2D eigenvalue weighted by molar-refractivity contribution is 9.11. The first-order valence-corrected chi connectivity index (χ1v) is 10.4. The normalized spacial score (nSPS) is 17.9. The largest absolute Gasteiger partial charge is 0.310 e. The Labute approximate surface area is 143 Å². The van der Waals surface area contributed by atoms with E-state index in [-0.39, 0.29) is 0 Å². The first-order chi connectivity index (χ1) is 10.3. The van der Waals surface area contributed by atoms with Gasteiger partial charge in [-0.05, 0) is 59.8 Å². The van der Waals surface area contributed by atoms with E-state index in [1.54, 1.807) is 10.4 Å². The zero-order valence-corrected chi connectivity index (χ0v) is 15.8. The van der Waals surface area contributed by atoms with Gasteiger partial charge in [0, 0.05) is 10.9 Å². The van der Waals surface area contributed by atoms with Crippen LogP contribution in [-0.2, 0) is 6.42 Å². The van der Waals surface area contributed by atoms with E-state index in [9.17, 15) is 0 Å². The molecule has 1 atom stereocenters. The van der Waals surface area contributed by atoms with E-state index < -0.39 is 0 Å². The Balaban J connectivity index is 1.55. The fourth-order valence-corrected chi connectivity index (χ4v) is 5.09. The monoisotopic (exact) mass is 371 g/mol. The van der Waals surface area contributed by atoms with Crippen molar-refractivity contribution < 1.29 is 0 Å². The van der Waals surface area contributed by atoms with Gasteiger partial charge in [-0.15, -0.1) is 11.3 Å². The predicted molar refractivity (Wildman–Crippen MR) is 98.3 cm³/mol. The van der Waals surface area contributed by atoms with Crippen LogP contribution in [0.2, 0.25) is 0 Å². The average Bonchev–Trinajstić information content (AvgIpc) is 2.86. The molecule has 0 amide bonds. The molecule has 1 aromatic heterocycles. The molecule has 1 nitrogen and oxygen atoms in total. The summed E-state index contributed by atoms with van der Waals surface area (Å²) in [6.45, 7) is 3.47. The van der Waals surface area contributed by atoms with Gasteiger partial charge in [0.1, 0.15) is 0 Å². The van der Waals surface area contributed by atoms with Crippen LogP contribution >= 0.6 is 27.3 Å². The molecule has 1 aromatic rings. The van der Waals surface area contributed by atoms with E-state index in [0.717, 1.165) is 0 Å². The van der Waals surface area contributed by atoms with Gasteiger partial charge in [-0.2, -0.15) is 0 Å². The van der Waals surface area contributed by atoms with Crippen LogP contribution in [0.5, 0.6) is 0 Å². The maximum Gasteiger partial charge on any atom is 0.0704 e. The van der Waals surface area contributed by atoms with Crippen LogP contribution in [0, 0.1) is 0 Å². The van der Waals surface area contributed by atoms with E-state index in [1.807, 2.05) is 11.3 Å². The van der Waals surface area contributed by atoms with Crippen LogP contribution in [0.15, 0.2) is 9.85 Å². The Morgan fingerprint density at radius 2 is 1.86 bits per heavy atom. The summed E-state index contributed by atoms with van der Waals surface area (Å²) in [6, 6.07) is 2.95. The van der Waals surface area contributed by atoms with E-state index in [4.69, 9.17) is 0 Å². The molecule has 1 N–H and O–H groups in total. The molecular weight excluding hydrogens is 342 g/mol. The molecule has 1 aliphatic carbocycles. The zero-order chi connectivity index (χ0) is 14.9. The Kier molecular flexibility index (Phi) is 8.34. The smallest absolute Gasteiger partial charge is 0.0704 e. The highest BCUT2D eigenvalue weighted by atomic mass is 79.9. The molecule has 0 spiro atoms. The Morgan fingerprint density at radius 1 is 1.14 bits per heavy atom. The Bertz CT molecular complexity index is 402. The summed E-state index contributed by atoms with van der Waals surface area (Å²) < 4.78 is 1.30. The molecule has 21 heavy (non-hydrogen) atoms. The molecule has 2 rings (SSSR count). The summed E-state index contributed by atoms with van der Waals surface area (Å²) in [7, 11) is 0. The van der Waals surface area contributed by atoms with Crippen molar-refractivity contribution >= 4 is 27.3 Å². The second kappa shape index (κ2) is 10.0. The first-order valence-electron chi connectivity index (χ1n) is 8.82. The van der Waals surface area contributed by atoms with Crippen molar-refractivity contribution in [1.29, 1.82) is 0 Å². The van der Waals surface area contributed by atoms with Gasteiger partial charge in [0.25, 0.3) is 0 Å². The Hall–Kier alpha value is 0.140. The molecule has 0 aliphatic heterocycles. The van der Waals surface area contributed by atoms with Crippen molar-refractivity contribution in [1.82, 2.24) is 5.32 Å². The van der Waals surface area contributed by atoms with Crippen LogP contribution in [0.4, 0.5) is 0 Å². The lowest BCUT2D eigenvalue weighted by molar-refractivity contribution is 0.450. The summed E-state index contributed by atoms with van der Waals surface area (Å²) in [5, 5.41) is 3.79. The van der Waals surface area contributed by atoms with Gasteiger partial charge in [0.15, 0.2) is 0 Å². The van der Waals surface area contributed by atoms with Gasteiger partial charge >= 0.3 is 0 Å². The van der Waals surface area contributed by atoms with Crippen LogP contribution in [-0.4, -0.2) is 6.54 Å². The molecule has 0 radical (unpaired) electrons. The molecule has 1 unspecified atom stereocenters. The molecule has 3 heteroatoms. The van der Waals surface area contributed by atoms with E-state index in [1.165, 1.54) is 81.0 Å². The van der Waals surface area contributed by atoms with Crippen LogP contribution in [0.1, 0.15) is 87.6 Å². The topological polar surface area (TPSA) is 12.0 Å². The standard InChI is InChI=1S/C18H30BrNS/c1-2-3-4-5-6-7-8-9-13-20-16-11-10-12-17-15(16)14-18(19)21-17/h14,16,20H,2-13H2,1H3. The number of thiophene rings is 1. The minimum Gasteiger partial charge on any atom is -0.310 e. The molecule has 0 aromatic carbocycles. The molecule has 120 valence electrons. The number of nitrogens with one attached hydrogen (secondary N) is 1. The number of hydrogen-bond acceptors (Lipinski definition) is 2. The molecule has 0 saturated carbocycles. The van der Waals surface area contributed by atoms with Crippen LogP contribution < -0.4 is 5.32 Å². The molecule has 1 heterocycles. The lowest BCUT2D eigenvalue weighted by Crippen LogP contribution is -2.25. The average molecular weight is 372 g/mol. The summed E-state index contributed by atoms with van der Waals surface area (Å²) >= 11 is 5.57. The molecule has 0 fully saturated rings. The lowest BCUT2D eigenvalue weighted by Gasteiger charge is -2.23. The van der Waals surface area contributed by atoms with E-state index >= 15 is 0 Å². The fraction of sp³-hybridized carbons (Fsp3) is 0.778. The fourth-order valence-electron chi connectivity index (χ4n) is 3.27. The van der Waals surface area contributed by atoms with Gasteiger partial charge in [-0.3, -0.25) is 0 Å². The van der Waals surface area contributed by atoms with Gasteiger partial charge < -0.3 is 5.32 Å². The third-order valence-electron chi connectivity index (χ3n) is 4.50. The maximum atomic E-state index is 3.79. The third kappa shape index (κ3) is 6.03. The number of hydrogen-bond donors (Lipinski definition) is 1. The number of halogens is 1. The molecule has 0 bridgehead atoms. The van der Waals surface area contributed by atoms with Crippen molar-refractivity contribution in [3.63, 3.8) is 0 Å². The summed E-state index contributed by atoms with van der Waals surface area (Å²) in [5.74, 6) is 0. The van der Waals surface area contributed by atoms with Gasteiger partial charge in [-0.1, -0.05) is 51.9 Å². The lowest BCUT2D eigenvalue weighted by atomic mass is 9.94. The molecule has 1 aliphatic rings. The van der Waals surface area contributed by atoms with Gasteiger partial charge in [0.2, 0.25) is 0 Å². The summed E-state index contributed by atoms with van der Waals surface area (Å²) in [4.78, 5) is 1.60. The van der Waals surface area contributed by atoms with E-state index in [2.05, 4.69) is 34.2 Å². The van der Waals surface area contributed by atoms with Crippen molar-refractivity contribution in [2.75, 3.05) is 6.54 Å². The number of fused-ring (bicyclic) bond motifs is 1. The molecular formula is C18H30BrNS. The number of rotatable bonds is 10. The van der Waals surface area contributed by atoms with Crippen molar-refractivity contribution in [2.45, 2.75) is 83.6 Å². The summed E-state index contributed by atoms with van der Waals surface area (Å²) in [6.07, 6.45) is 15.2. The van der Waals surface area contributed by atoms with Crippen molar-refractivity contribution in [2.24, 2.45) is 0 Å². The maximum absolute atomic E-state index is 3.79. The Morgan fingerprint density at radius 3 is 2.62 bits per heavy atom. The highest BCUT2D eigenvalue weighted by Gasteiger charge is 2.21. The summed E-state index contributed by atoms with van der Waals surface area (Å²) in [5.41, 5.74) is 1.57. The zero-order valence-electron chi connectivity index (χ0n) is 13.4. The third-order valence-corrected chi connectivity index (χ3v) is 6.22. The van der Waals surface area contributed by atoms with E-state index in [0.29, 0.717) is 6.04 Å².